The highest BCUT2D eigenvalue weighted by atomic mass is 16.5. The highest BCUT2D eigenvalue weighted by Gasteiger charge is 2.20. The monoisotopic (exact) mass is 222 g/mol. The fraction of sp³-hybridized carbons (Fsp3) is 0.364. The van der Waals surface area contributed by atoms with Gasteiger partial charge in [-0.2, -0.15) is 0 Å². The molecule has 0 unspecified atom stereocenters. The molecule has 5 nitrogen and oxygen atoms in total. The summed E-state index contributed by atoms with van der Waals surface area (Å²) < 4.78 is 4.57. The Balaban J connectivity index is 2.66. The average molecular weight is 222 g/mol. The maximum atomic E-state index is 11.7. The minimum absolute atomic E-state index is 0.282. The number of methoxy groups -OCH3 is 1. The molecule has 1 aromatic rings. The van der Waals surface area contributed by atoms with Crippen LogP contribution in [0.15, 0.2) is 24.4 Å². The predicted octanol–water partition coefficient (Wildman–Crippen LogP) is 0.763. The largest absolute Gasteiger partial charge is 0.467 e. The van der Waals surface area contributed by atoms with Crippen molar-refractivity contribution in [3.63, 3.8) is 0 Å². The van der Waals surface area contributed by atoms with Gasteiger partial charge in [-0.3, -0.25) is 9.78 Å². The van der Waals surface area contributed by atoms with Crippen LogP contribution < -0.4 is 5.32 Å². The molecule has 0 bridgehead atoms. The van der Waals surface area contributed by atoms with Gasteiger partial charge in [-0.15, -0.1) is 0 Å². The number of nitrogens with one attached hydrogen (secondary N) is 1. The molecular formula is C11H14N2O3. The van der Waals surface area contributed by atoms with Crippen LogP contribution in [0.1, 0.15) is 23.8 Å². The molecule has 1 heterocycles. The second-order valence-corrected chi connectivity index (χ2v) is 3.17. The van der Waals surface area contributed by atoms with E-state index in [4.69, 9.17) is 0 Å². The van der Waals surface area contributed by atoms with Gasteiger partial charge in [0.15, 0.2) is 0 Å². The summed E-state index contributed by atoms with van der Waals surface area (Å²) in [5, 5.41) is 2.56. The fourth-order valence-electron chi connectivity index (χ4n) is 1.20. The summed E-state index contributed by atoms with van der Waals surface area (Å²) in [5.41, 5.74) is 0.282. The molecule has 0 fully saturated rings. The number of ether oxygens (including phenoxy) is 1. The zero-order chi connectivity index (χ0) is 12.0. The average Bonchev–Trinajstić information content (AvgIpc) is 2.35. The Hall–Kier alpha value is -1.91. The van der Waals surface area contributed by atoms with Crippen molar-refractivity contribution in [1.82, 2.24) is 10.3 Å². The van der Waals surface area contributed by atoms with Crippen LogP contribution >= 0.6 is 0 Å². The first-order valence-corrected chi connectivity index (χ1v) is 4.98. The van der Waals surface area contributed by atoms with Gasteiger partial charge in [0.25, 0.3) is 5.91 Å². The van der Waals surface area contributed by atoms with Crippen LogP contribution in [0.25, 0.3) is 0 Å². The minimum atomic E-state index is -0.625. The molecule has 5 heteroatoms. The lowest BCUT2D eigenvalue weighted by molar-refractivity contribution is -0.142. The van der Waals surface area contributed by atoms with Crippen LogP contribution in [0.4, 0.5) is 0 Å². The van der Waals surface area contributed by atoms with Crippen LogP contribution in [0.5, 0.6) is 0 Å². The number of nitrogens with zero attached hydrogens (tertiary/aromatic N) is 1. The van der Waals surface area contributed by atoms with Crippen molar-refractivity contribution in [3.8, 4) is 0 Å². The fourth-order valence-corrected chi connectivity index (χ4v) is 1.20. The zero-order valence-corrected chi connectivity index (χ0v) is 9.27. The van der Waals surface area contributed by atoms with Crippen molar-refractivity contribution >= 4 is 11.9 Å². The van der Waals surface area contributed by atoms with Crippen molar-refractivity contribution in [2.75, 3.05) is 7.11 Å². The van der Waals surface area contributed by atoms with E-state index >= 15 is 0 Å². The molecule has 0 aliphatic heterocycles. The van der Waals surface area contributed by atoms with E-state index in [0.29, 0.717) is 6.42 Å². The van der Waals surface area contributed by atoms with Crippen LogP contribution in [0.3, 0.4) is 0 Å². The number of amides is 1. The normalized spacial score (nSPS) is 11.6. The van der Waals surface area contributed by atoms with Gasteiger partial charge in [-0.05, 0) is 18.6 Å². The molecule has 0 saturated carbocycles. The van der Waals surface area contributed by atoms with E-state index in [0.717, 1.165) is 0 Å². The number of esters is 1. The van der Waals surface area contributed by atoms with Gasteiger partial charge < -0.3 is 10.1 Å². The van der Waals surface area contributed by atoms with Gasteiger partial charge in [0, 0.05) is 6.20 Å². The van der Waals surface area contributed by atoms with E-state index in [1.54, 1.807) is 25.1 Å². The molecule has 1 amide bonds. The third-order valence-electron chi connectivity index (χ3n) is 2.10. The van der Waals surface area contributed by atoms with Crippen LogP contribution in [0.2, 0.25) is 0 Å². The summed E-state index contributed by atoms with van der Waals surface area (Å²) in [4.78, 5) is 26.8. The highest BCUT2D eigenvalue weighted by Crippen LogP contribution is 1.98. The Labute approximate surface area is 93.8 Å². The molecule has 1 N–H and O–H groups in total. The molecule has 0 radical (unpaired) electrons. The predicted molar refractivity (Wildman–Crippen MR) is 57.8 cm³/mol. The SMILES string of the molecule is CC[C@@H](NC(=O)c1ccccn1)C(=O)OC. The Morgan fingerprint density at radius 3 is 2.75 bits per heavy atom. The Bertz CT molecular complexity index is 365. The Morgan fingerprint density at radius 1 is 1.50 bits per heavy atom. The van der Waals surface area contributed by atoms with Crippen molar-refractivity contribution in [2.24, 2.45) is 0 Å². The number of hydrogen-bond donors (Lipinski definition) is 1. The highest BCUT2D eigenvalue weighted by molar-refractivity contribution is 5.95. The van der Waals surface area contributed by atoms with Crippen molar-refractivity contribution in [3.05, 3.63) is 30.1 Å². The lowest BCUT2D eigenvalue weighted by Crippen LogP contribution is -2.41. The topological polar surface area (TPSA) is 68.3 Å². The summed E-state index contributed by atoms with van der Waals surface area (Å²) in [6.07, 6.45) is 2.00. The van der Waals surface area contributed by atoms with Crippen LogP contribution in [0, 0.1) is 0 Å². The van der Waals surface area contributed by atoms with Gasteiger partial charge in [-0.25, -0.2) is 4.79 Å². The van der Waals surface area contributed by atoms with Crippen LogP contribution in [-0.4, -0.2) is 30.0 Å². The summed E-state index contributed by atoms with van der Waals surface area (Å²) >= 11 is 0. The van der Waals surface area contributed by atoms with Gasteiger partial charge in [-0.1, -0.05) is 13.0 Å². The van der Waals surface area contributed by atoms with E-state index in [9.17, 15) is 9.59 Å². The van der Waals surface area contributed by atoms with E-state index in [-0.39, 0.29) is 11.6 Å². The van der Waals surface area contributed by atoms with E-state index < -0.39 is 12.0 Å². The standard InChI is InChI=1S/C11H14N2O3/c1-3-8(11(15)16-2)13-10(14)9-6-4-5-7-12-9/h4-8H,3H2,1-2H3,(H,13,14)/t8-/m1/s1. The van der Waals surface area contributed by atoms with E-state index in [1.165, 1.54) is 13.3 Å². The molecule has 0 aromatic carbocycles. The molecule has 0 saturated heterocycles. The molecular weight excluding hydrogens is 208 g/mol. The molecule has 0 aliphatic rings. The first-order chi connectivity index (χ1) is 7.69. The molecule has 16 heavy (non-hydrogen) atoms. The van der Waals surface area contributed by atoms with Crippen molar-refractivity contribution in [2.45, 2.75) is 19.4 Å². The number of pyridine rings is 1. The summed E-state index contributed by atoms with van der Waals surface area (Å²) in [5.74, 6) is -0.829. The van der Waals surface area contributed by atoms with Gasteiger partial charge in [0.1, 0.15) is 11.7 Å². The minimum Gasteiger partial charge on any atom is -0.467 e. The Morgan fingerprint density at radius 2 is 2.25 bits per heavy atom. The third-order valence-corrected chi connectivity index (χ3v) is 2.10. The number of aromatic nitrogens is 1. The summed E-state index contributed by atoms with van der Waals surface area (Å²) in [6.45, 7) is 1.79. The first-order valence-electron chi connectivity index (χ1n) is 4.98. The van der Waals surface area contributed by atoms with Crippen LogP contribution in [-0.2, 0) is 9.53 Å². The molecule has 1 aromatic heterocycles. The number of carbonyl (C=O) groups excluding carboxylic acids is 2. The maximum Gasteiger partial charge on any atom is 0.328 e. The van der Waals surface area contributed by atoms with E-state index in [2.05, 4.69) is 15.0 Å². The second kappa shape index (κ2) is 5.85. The zero-order valence-electron chi connectivity index (χ0n) is 9.27. The number of hydrogen-bond acceptors (Lipinski definition) is 4. The first kappa shape index (κ1) is 12.2. The second-order valence-electron chi connectivity index (χ2n) is 3.17. The molecule has 1 rings (SSSR count). The maximum absolute atomic E-state index is 11.7. The quantitative estimate of drug-likeness (QED) is 0.764. The van der Waals surface area contributed by atoms with Crippen molar-refractivity contribution in [1.29, 1.82) is 0 Å². The van der Waals surface area contributed by atoms with Gasteiger partial charge in [0.05, 0.1) is 7.11 Å². The molecule has 86 valence electrons. The number of rotatable bonds is 4. The van der Waals surface area contributed by atoms with E-state index in [1.807, 2.05) is 0 Å². The third kappa shape index (κ3) is 3.05. The summed E-state index contributed by atoms with van der Waals surface area (Å²) in [6, 6.07) is 4.38. The molecule has 1 atom stereocenters. The molecule has 0 aliphatic carbocycles. The molecule has 0 spiro atoms. The van der Waals surface area contributed by atoms with Crippen molar-refractivity contribution < 1.29 is 14.3 Å². The smallest absolute Gasteiger partial charge is 0.328 e. The van der Waals surface area contributed by atoms with Gasteiger partial charge in [0.2, 0.25) is 0 Å². The Kier molecular flexibility index (Phi) is 4.44. The lowest BCUT2D eigenvalue weighted by atomic mass is 10.2. The lowest BCUT2D eigenvalue weighted by Gasteiger charge is -2.13. The number of carbonyl (C=O) groups is 2. The summed E-state index contributed by atoms with van der Waals surface area (Å²) in [7, 11) is 1.29. The van der Waals surface area contributed by atoms with Gasteiger partial charge >= 0.3 is 5.97 Å².